The highest BCUT2D eigenvalue weighted by atomic mass is 35.5. The van der Waals surface area contributed by atoms with Gasteiger partial charge in [-0.2, -0.15) is 0 Å². The molecule has 1 heterocycles. The minimum absolute atomic E-state index is 0.0643. The number of aromatic nitrogens is 1. The van der Waals surface area contributed by atoms with Crippen LogP contribution in [-0.4, -0.2) is 9.49 Å². The third kappa shape index (κ3) is 3.48. The van der Waals surface area contributed by atoms with Crippen LogP contribution in [0.5, 0.6) is 0 Å². The predicted octanol–water partition coefficient (Wildman–Crippen LogP) is 7.48. The van der Waals surface area contributed by atoms with Crippen LogP contribution in [0.3, 0.4) is 0 Å². The van der Waals surface area contributed by atoms with E-state index in [-0.39, 0.29) is 21.4 Å². The minimum Gasteiger partial charge on any atom is -0.342 e. The number of fused-ring (bicyclic) bond motifs is 1. The normalized spacial score (nSPS) is 11.4. The summed E-state index contributed by atoms with van der Waals surface area (Å²) in [4.78, 5) is 10.4. The topological polar surface area (TPSA) is 72.8 Å². The van der Waals surface area contributed by atoms with Crippen molar-refractivity contribution in [2.75, 3.05) is 0 Å². The molecule has 0 spiro atoms. The molecule has 0 bridgehead atoms. The molecule has 0 saturated carbocycles. The number of nitro groups is 1. The van der Waals surface area contributed by atoms with Gasteiger partial charge in [-0.05, 0) is 6.07 Å². The van der Waals surface area contributed by atoms with Crippen LogP contribution in [0.4, 0.5) is 17.1 Å². The zero-order chi connectivity index (χ0) is 20.5. The second-order valence-electron chi connectivity index (χ2n) is 6.35. The number of nitrogens with zero attached hydrogens (tertiary/aromatic N) is 4. The van der Waals surface area contributed by atoms with Crippen LogP contribution in [0.2, 0.25) is 10.0 Å². The Morgan fingerprint density at radius 2 is 1.48 bits per heavy atom. The number of azo groups is 1. The van der Waals surface area contributed by atoms with E-state index in [9.17, 15) is 10.1 Å². The number of aryl methyl sites for hydroxylation is 1. The summed E-state index contributed by atoms with van der Waals surface area (Å²) in [6.07, 6.45) is 0. The lowest BCUT2D eigenvalue weighted by molar-refractivity contribution is -0.384. The highest BCUT2D eigenvalue weighted by molar-refractivity contribution is 6.39. The first-order valence-electron chi connectivity index (χ1n) is 8.65. The van der Waals surface area contributed by atoms with Crippen molar-refractivity contribution in [2.45, 2.75) is 0 Å². The van der Waals surface area contributed by atoms with E-state index in [1.54, 1.807) is 0 Å². The van der Waals surface area contributed by atoms with E-state index in [1.165, 1.54) is 12.1 Å². The number of non-ortho nitro benzene ring substituents is 1. The monoisotopic (exact) mass is 424 g/mol. The maximum absolute atomic E-state index is 11.0. The Bertz CT molecular complexity index is 1240. The number of benzene rings is 3. The Labute approximate surface area is 176 Å². The number of para-hydroxylation sites is 1. The summed E-state index contributed by atoms with van der Waals surface area (Å²) in [6.45, 7) is 0. The molecule has 0 unspecified atom stereocenters. The molecule has 0 radical (unpaired) electrons. The number of hydrogen-bond acceptors (Lipinski definition) is 4. The maximum Gasteiger partial charge on any atom is 0.272 e. The molecule has 0 saturated heterocycles. The molecule has 0 aliphatic rings. The SMILES string of the molecule is Cn1c(-c2ccccc2)c(N=Nc2c(Cl)cc([N+](=O)[O-])cc2Cl)c2ccccc21. The molecule has 3 aromatic carbocycles. The summed E-state index contributed by atoms with van der Waals surface area (Å²) in [7, 11) is 1.97. The van der Waals surface area contributed by atoms with E-state index in [1.807, 2.05) is 61.6 Å². The fourth-order valence-electron chi connectivity index (χ4n) is 3.25. The summed E-state index contributed by atoms with van der Waals surface area (Å²) in [6, 6.07) is 20.1. The molecule has 8 heteroatoms. The molecule has 0 fully saturated rings. The quantitative estimate of drug-likeness (QED) is 0.193. The lowest BCUT2D eigenvalue weighted by atomic mass is 10.1. The van der Waals surface area contributed by atoms with Crippen molar-refractivity contribution in [1.82, 2.24) is 4.57 Å². The van der Waals surface area contributed by atoms with Gasteiger partial charge in [-0.15, -0.1) is 10.2 Å². The number of halogens is 2. The first-order chi connectivity index (χ1) is 14.0. The van der Waals surface area contributed by atoms with Gasteiger partial charge in [-0.1, -0.05) is 71.7 Å². The Morgan fingerprint density at radius 3 is 2.14 bits per heavy atom. The summed E-state index contributed by atoms with van der Waals surface area (Å²) in [5.41, 5.74) is 3.53. The summed E-state index contributed by atoms with van der Waals surface area (Å²) in [5, 5.41) is 20.7. The summed E-state index contributed by atoms with van der Waals surface area (Å²) >= 11 is 12.4. The molecule has 1 aromatic heterocycles. The van der Waals surface area contributed by atoms with Crippen LogP contribution < -0.4 is 0 Å². The molecule has 4 rings (SSSR count). The van der Waals surface area contributed by atoms with Crippen LogP contribution in [0.25, 0.3) is 22.2 Å². The molecule has 4 aromatic rings. The third-order valence-electron chi connectivity index (χ3n) is 4.59. The van der Waals surface area contributed by atoms with Gasteiger partial charge < -0.3 is 4.57 Å². The molecule has 0 aliphatic carbocycles. The van der Waals surface area contributed by atoms with Gasteiger partial charge in [0.05, 0.1) is 26.2 Å². The zero-order valence-electron chi connectivity index (χ0n) is 15.2. The summed E-state index contributed by atoms with van der Waals surface area (Å²) in [5.74, 6) is 0. The summed E-state index contributed by atoms with van der Waals surface area (Å²) < 4.78 is 2.05. The van der Waals surface area contributed by atoms with E-state index < -0.39 is 4.92 Å². The van der Waals surface area contributed by atoms with Gasteiger partial charge in [0, 0.05) is 30.1 Å². The second-order valence-corrected chi connectivity index (χ2v) is 7.17. The van der Waals surface area contributed by atoms with Gasteiger partial charge in [0.25, 0.3) is 5.69 Å². The molecule has 144 valence electrons. The van der Waals surface area contributed by atoms with Crippen molar-refractivity contribution in [3.63, 3.8) is 0 Å². The van der Waals surface area contributed by atoms with Gasteiger partial charge in [-0.25, -0.2) is 0 Å². The van der Waals surface area contributed by atoms with Crippen molar-refractivity contribution in [3.05, 3.63) is 86.9 Å². The smallest absolute Gasteiger partial charge is 0.272 e. The molecule has 0 atom stereocenters. The van der Waals surface area contributed by atoms with Crippen LogP contribution in [0.15, 0.2) is 77.0 Å². The van der Waals surface area contributed by atoms with Crippen molar-refractivity contribution < 1.29 is 4.92 Å². The maximum atomic E-state index is 11.0. The van der Waals surface area contributed by atoms with Crippen LogP contribution in [0.1, 0.15) is 0 Å². The Hall–Kier alpha value is -3.22. The van der Waals surface area contributed by atoms with Crippen molar-refractivity contribution in [1.29, 1.82) is 0 Å². The van der Waals surface area contributed by atoms with E-state index in [4.69, 9.17) is 23.2 Å². The van der Waals surface area contributed by atoms with Crippen molar-refractivity contribution >= 4 is 51.2 Å². The Kier molecular flexibility index (Phi) is 5.05. The van der Waals surface area contributed by atoms with Crippen molar-refractivity contribution in [2.24, 2.45) is 17.3 Å². The van der Waals surface area contributed by atoms with Crippen LogP contribution >= 0.6 is 23.2 Å². The minimum atomic E-state index is -0.559. The third-order valence-corrected chi connectivity index (χ3v) is 5.17. The Morgan fingerprint density at radius 1 is 0.897 bits per heavy atom. The van der Waals surface area contributed by atoms with Gasteiger partial charge in [0.1, 0.15) is 11.4 Å². The van der Waals surface area contributed by atoms with Crippen LogP contribution in [-0.2, 0) is 7.05 Å². The van der Waals surface area contributed by atoms with E-state index in [2.05, 4.69) is 14.8 Å². The van der Waals surface area contributed by atoms with Gasteiger partial charge >= 0.3 is 0 Å². The first-order valence-corrected chi connectivity index (χ1v) is 9.41. The molecule has 0 N–H and O–H groups in total. The first kappa shape index (κ1) is 19.1. The fourth-order valence-corrected chi connectivity index (χ4v) is 3.81. The lowest BCUT2D eigenvalue weighted by Crippen LogP contribution is -1.90. The predicted molar refractivity (Wildman–Crippen MR) is 116 cm³/mol. The molecule has 29 heavy (non-hydrogen) atoms. The fraction of sp³-hybridized carbons (Fsp3) is 0.0476. The molecular formula is C21H14Cl2N4O2. The molecule has 0 aliphatic heterocycles. The van der Waals surface area contributed by atoms with Crippen LogP contribution in [0, 0.1) is 10.1 Å². The van der Waals surface area contributed by atoms with Gasteiger partial charge in [0.2, 0.25) is 0 Å². The average molecular weight is 425 g/mol. The average Bonchev–Trinajstić information content (AvgIpc) is 3.00. The molecule has 0 amide bonds. The standard InChI is InChI=1S/C21H14Cl2N4O2/c1-26-18-10-6-5-9-15(18)19(21(26)13-7-3-2-4-8-13)24-25-20-16(22)11-14(27(28)29)12-17(20)23/h2-12H,1H3. The van der Waals surface area contributed by atoms with E-state index >= 15 is 0 Å². The Balaban J connectivity index is 1.90. The number of hydrogen-bond donors (Lipinski definition) is 0. The number of rotatable bonds is 4. The number of nitro benzene ring substituents is 1. The van der Waals surface area contributed by atoms with Gasteiger partial charge in [0.15, 0.2) is 0 Å². The molecular weight excluding hydrogens is 411 g/mol. The lowest BCUT2D eigenvalue weighted by Gasteiger charge is -2.05. The highest BCUT2D eigenvalue weighted by Crippen LogP contribution is 2.42. The van der Waals surface area contributed by atoms with E-state index in [0.29, 0.717) is 5.69 Å². The van der Waals surface area contributed by atoms with Crippen molar-refractivity contribution in [3.8, 4) is 11.3 Å². The molecule has 6 nitrogen and oxygen atoms in total. The van der Waals surface area contributed by atoms with E-state index in [0.717, 1.165) is 22.2 Å². The largest absolute Gasteiger partial charge is 0.342 e. The zero-order valence-corrected chi connectivity index (χ0v) is 16.7. The highest BCUT2D eigenvalue weighted by Gasteiger charge is 2.18. The second kappa shape index (κ2) is 7.66. The van der Waals surface area contributed by atoms with Gasteiger partial charge in [-0.3, -0.25) is 10.1 Å².